The third-order valence-corrected chi connectivity index (χ3v) is 6.17. The number of hydrogen-bond acceptors (Lipinski definition) is 4. The first-order valence-electron chi connectivity index (χ1n) is 8.76. The van der Waals surface area contributed by atoms with Crippen molar-refractivity contribution in [1.82, 2.24) is 9.62 Å². The van der Waals surface area contributed by atoms with Crippen LogP contribution in [0.5, 0.6) is 0 Å². The van der Waals surface area contributed by atoms with E-state index in [0.717, 1.165) is 41.6 Å². The number of aryl methyl sites for hydroxylation is 2. The van der Waals surface area contributed by atoms with E-state index in [4.69, 9.17) is 0 Å². The summed E-state index contributed by atoms with van der Waals surface area (Å²) in [6.45, 7) is 5.65. The molecule has 26 heavy (non-hydrogen) atoms. The number of rotatable bonds is 6. The van der Waals surface area contributed by atoms with E-state index in [2.05, 4.69) is 16.1 Å². The van der Waals surface area contributed by atoms with Crippen LogP contribution in [0.25, 0.3) is 0 Å². The van der Waals surface area contributed by atoms with Gasteiger partial charge in [0.05, 0.1) is 5.75 Å². The van der Waals surface area contributed by atoms with Crippen molar-refractivity contribution in [2.75, 3.05) is 24.7 Å². The van der Waals surface area contributed by atoms with E-state index in [1.165, 1.54) is 17.4 Å². The van der Waals surface area contributed by atoms with Crippen LogP contribution >= 0.6 is 0 Å². The molecule has 1 aromatic carbocycles. The highest BCUT2D eigenvalue weighted by Gasteiger charge is 2.21. The third kappa shape index (κ3) is 4.97. The lowest BCUT2D eigenvalue weighted by atomic mass is 9.99. The molecule has 2 rings (SSSR count). The fourth-order valence-corrected chi connectivity index (χ4v) is 4.10. The van der Waals surface area contributed by atoms with Crippen LogP contribution in [0.2, 0.25) is 0 Å². The number of urea groups is 1. The summed E-state index contributed by atoms with van der Waals surface area (Å²) < 4.78 is 26.2. The zero-order chi connectivity index (χ0) is 19.5. The first-order valence-corrected chi connectivity index (χ1v) is 10.4. The quantitative estimate of drug-likeness (QED) is 0.789. The Labute approximate surface area is 155 Å². The van der Waals surface area contributed by atoms with Gasteiger partial charge in [-0.2, -0.15) is 0 Å². The van der Waals surface area contributed by atoms with Gasteiger partial charge in [-0.05, 0) is 61.8 Å². The Kier molecular flexibility index (Phi) is 6.28. The minimum atomic E-state index is -3.76. The zero-order valence-corrected chi connectivity index (χ0v) is 16.6. The first-order chi connectivity index (χ1) is 12.1. The van der Waals surface area contributed by atoms with Crippen LogP contribution in [0.4, 0.5) is 10.5 Å². The lowest BCUT2D eigenvalue weighted by molar-refractivity contribution is -0.127. The van der Waals surface area contributed by atoms with Gasteiger partial charge < -0.3 is 10.2 Å². The molecular formula is C18H27N3O4S. The summed E-state index contributed by atoms with van der Waals surface area (Å²) in [5.74, 6) is -0.347. The maximum absolute atomic E-state index is 12.2. The van der Waals surface area contributed by atoms with Crippen molar-refractivity contribution in [3.63, 3.8) is 0 Å². The summed E-state index contributed by atoms with van der Waals surface area (Å²) in [4.78, 5) is 24.8. The lowest BCUT2D eigenvalue weighted by Gasteiger charge is -2.17. The second-order valence-corrected chi connectivity index (χ2v) is 8.70. The first kappa shape index (κ1) is 20.2. The fourth-order valence-electron chi connectivity index (χ4n) is 3.15. The van der Waals surface area contributed by atoms with Gasteiger partial charge in [0.25, 0.3) is 0 Å². The average molecular weight is 381 g/mol. The Hall–Kier alpha value is -2.09. The van der Waals surface area contributed by atoms with Gasteiger partial charge in [-0.15, -0.1) is 0 Å². The topological polar surface area (TPSA) is 95.6 Å². The molecule has 7 nitrogen and oxygen atoms in total. The van der Waals surface area contributed by atoms with Crippen molar-refractivity contribution < 1.29 is 18.0 Å². The molecule has 0 heterocycles. The van der Waals surface area contributed by atoms with Crippen molar-refractivity contribution >= 4 is 27.6 Å². The molecular weight excluding hydrogens is 354 g/mol. The molecule has 144 valence electrons. The Bertz CT molecular complexity index is 818. The Morgan fingerprint density at radius 3 is 2.58 bits per heavy atom. The number of sulfonamides is 1. The largest absolute Gasteiger partial charge is 0.346 e. The van der Waals surface area contributed by atoms with E-state index < -0.39 is 16.1 Å². The third-order valence-electron chi connectivity index (χ3n) is 4.85. The second kappa shape index (κ2) is 8.07. The molecule has 0 aromatic heterocycles. The fraction of sp³-hybridized carbons (Fsp3) is 0.556. The van der Waals surface area contributed by atoms with Gasteiger partial charge in [-0.3, -0.25) is 4.79 Å². The van der Waals surface area contributed by atoms with Gasteiger partial charge in [0.1, 0.15) is 0 Å². The summed E-state index contributed by atoms with van der Waals surface area (Å²) in [6.07, 6.45) is 3.17. The predicted molar refractivity (Wildman–Crippen MR) is 102 cm³/mol. The van der Waals surface area contributed by atoms with Gasteiger partial charge >= 0.3 is 6.03 Å². The standard InChI is InChI=1S/C18H27N3O4S/c1-12-11-15-7-5-8-16(15)17(13(12)2)19-18(23)20-26(24,25)10-6-9-21(4)14(3)22/h11H,5-10H2,1-4H3,(H2,19,20,23). The average Bonchev–Trinajstić information content (AvgIpc) is 2.98. The SMILES string of the molecule is CC(=O)N(C)CCCS(=O)(=O)NC(=O)Nc1c(C)c(C)cc2c1CCC2. The van der Waals surface area contributed by atoms with Crippen LogP contribution in [0, 0.1) is 13.8 Å². The van der Waals surface area contributed by atoms with Gasteiger partial charge in [-0.1, -0.05) is 6.07 Å². The molecule has 1 aromatic rings. The second-order valence-electron chi connectivity index (χ2n) is 6.85. The van der Waals surface area contributed by atoms with Crippen LogP contribution in [-0.2, 0) is 27.7 Å². The number of fused-ring (bicyclic) bond motifs is 1. The zero-order valence-electron chi connectivity index (χ0n) is 15.8. The van der Waals surface area contributed by atoms with E-state index in [9.17, 15) is 18.0 Å². The van der Waals surface area contributed by atoms with Crippen molar-refractivity contribution in [3.8, 4) is 0 Å². The summed E-state index contributed by atoms with van der Waals surface area (Å²) in [5, 5.41) is 2.73. The number of carbonyl (C=O) groups excluding carboxylic acids is 2. The van der Waals surface area contributed by atoms with Crippen LogP contribution < -0.4 is 10.0 Å². The Balaban J connectivity index is 2.00. The predicted octanol–water partition coefficient (Wildman–Crippen LogP) is 2.11. The summed E-state index contributed by atoms with van der Waals surface area (Å²) >= 11 is 0. The molecule has 3 amide bonds. The molecule has 0 unspecified atom stereocenters. The number of nitrogens with one attached hydrogen (secondary N) is 2. The Morgan fingerprint density at radius 1 is 1.23 bits per heavy atom. The molecule has 0 radical (unpaired) electrons. The van der Waals surface area contributed by atoms with Crippen LogP contribution in [0.3, 0.4) is 0 Å². The van der Waals surface area contributed by atoms with Crippen molar-refractivity contribution in [2.45, 2.75) is 46.5 Å². The molecule has 1 aliphatic carbocycles. The number of benzene rings is 1. The molecule has 0 spiro atoms. The molecule has 0 saturated carbocycles. The molecule has 0 atom stereocenters. The maximum atomic E-state index is 12.2. The highest BCUT2D eigenvalue weighted by Crippen LogP contribution is 2.33. The maximum Gasteiger partial charge on any atom is 0.332 e. The highest BCUT2D eigenvalue weighted by molar-refractivity contribution is 7.90. The normalized spacial score (nSPS) is 13.2. The van der Waals surface area contributed by atoms with Gasteiger partial charge in [0.2, 0.25) is 15.9 Å². The summed E-state index contributed by atoms with van der Waals surface area (Å²) in [5.41, 5.74) is 5.08. The minimum absolute atomic E-state index is 0.128. The summed E-state index contributed by atoms with van der Waals surface area (Å²) in [7, 11) is -2.15. The van der Waals surface area contributed by atoms with Crippen LogP contribution in [0.1, 0.15) is 42.0 Å². The number of anilines is 1. The molecule has 0 saturated heterocycles. The molecule has 1 aliphatic rings. The molecule has 0 fully saturated rings. The molecule has 0 aliphatic heterocycles. The molecule has 8 heteroatoms. The van der Waals surface area contributed by atoms with Gasteiger partial charge in [0, 0.05) is 26.2 Å². The van der Waals surface area contributed by atoms with Crippen LogP contribution in [0.15, 0.2) is 6.07 Å². The Morgan fingerprint density at radius 2 is 1.92 bits per heavy atom. The van der Waals surface area contributed by atoms with Gasteiger partial charge in [0.15, 0.2) is 0 Å². The van der Waals surface area contributed by atoms with E-state index in [1.54, 1.807) is 7.05 Å². The van der Waals surface area contributed by atoms with E-state index in [-0.39, 0.29) is 18.1 Å². The number of carbonyl (C=O) groups is 2. The van der Waals surface area contributed by atoms with Crippen molar-refractivity contribution in [2.24, 2.45) is 0 Å². The molecule has 2 N–H and O–H groups in total. The lowest BCUT2D eigenvalue weighted by Crippen LogP contribution is -2.37. The van der Waals surface area contributed by atoms with E-state index in [0.29, 0.717) is 6.54 Å². The van der Waals surface area contributed by atoms with E-state index in [1.807, 2.05) is 13.8 Å². The molecule has 0 bridgehead atoms. The van der Waals surface area contributed by atoms with E-state index >= 15 is 0 Å². The monoisotopic (exact) mass is 381 g/mol. The van der Waals surface area contributed by atoms with Crippen LogP contribution in [-0.4, -0.2) is 44.6 Å². The number of amides is 3. The number of hydrogen-bond donors (Lipinski definition) is 2. The van der Waals surface area contributed by atoms with Gasteiger partial charge in [-0.25, -0.2) is 17.9 Å². The minimum Gasteiger partial charge on any atom is -0.346 e. The van der Waals surface area contributed by atoms with Crippen molar-refractivity contribution in [1.29, 1.82) is 0 Å². The smallest absolute Gasteiger partial charge is 0.332 e. The number of nitrogens with zero attached hydrogens (tertiary/aromatic N) is 1. The van der Waals surface area contributed by atoms with Crippen molar-refractivity contribution in [3.05, 3.63) is 28.3 Å². The summed E-state index contributed by atoms with van der Waals surface area (Å²) in [6, 6.07) is 1.40. The highest BCUT2D eigenvalue weighted by atomic mass is 32.2.